The number of aromatic hydroxyl groups is 1. The van der Waals surface area contributed by atoms with Gasteiger partial charge in [-0.05, 0) is 56.0 Å². The molecule has 1 aromatic carbocycles. The number of phenolic OH excluding ortho intramolecular Hbond substituents is 1. The molecule has 1 aliphatic rings. The zero-order chi connectivity index (χ0) is 16.9. The van der Waals surface area contributed by atoms with E-state index in [-0.39, 0.29) is 5.75 Å². The van der Waals surface area contributed by atoms with Crippen LogP contribution in [0.15, 0.2) is 30.6 Å². The van der Waals surface area contributed by atoms with E-state index in [4.69, 9.17) is 0 Å². The van der Waals surface area contributed by atoms with Gasteiger partial charge in [0.1, 0.15) is 11.4 Å². The maximum atomic E-state index is 10.1. The molecular formula is C19H26N4O. The number of benzene rings is 1. The molecule has 1 aromatic heterocycles. The Hall–Kier alpha value is -2.14. The standard InChI is InChI=1S/C19H26N4O/c1-23(2)19-18(21-9-10-22-19)15-11-14(12-17(24)13-15)6-7-16-5-3-4-8-20-16/h9-13,16,20,24H,3-8H2,1-2H3/t16-/m0/s1. The summed E-state index contributed by atoms with van der Waals surface area (Å²) in [4.78, 5) is 10.8. The Morgan fingerprint density at radius 1 is 1.17 bits per heavy atom. The van der Waals surface area contributed by atoms with Gasteiger partial charge >= 0.3 is 0 Å². The molecule has 5 nitrogen and oxygen atoms in total. The number of hydrogen-bond acceptors (Lipinski definition) is 5. The number of aryl methyl sites for hydroxylation is 1. The molecule has 1 saturated heterocycles. The second kappa shape index (κ2) is 7.62. The lowest BCUT2D eigenvalue weighted by atomic mass is 9.96. The maximum absolute atomic E-state index is 10.1. The van der Waals surface area contributed by atoms with Crippen LogP contribution >= 0.6 is 0 Å². The molecule has 0 aliphatic carbocycles. The number of piperidine rings is 1. The van der Waals surface area contributed by atoms with Crippen LogP contribution in [0.1, 0.15) is 31.2 Å². The molecule has 24 heavy (non-hydrogen) atoms. The van der Waals surface area contributed by atoms with E-state index in [9.17, 15) is 5.11 Å². The van der Waals surface area contributed by atoms with Crippen LogP contribution in [0.3, 0.4) is 0 Å². The summed E-state index contributed by atoms with van der Waals surface area (Å²) in [5, 5.41) is 13.7. The highest BCUT2D eigenvalue weighted by atomic mass is 16.3. The lowest BCUT2D eigenvalue weighted by Crippen LogP contribution is -2.34. The zero-order valence-corrected chi connectivity index (χ0v) is 14.5. The lowest BCUT2D eigenvalue weighted by molar-refractivity contribution is 0.382. The third kappa shape index (κ3) is 4.03. The summed E-state index contributed by atoms with van der Waals surface area (Å²) in [6, 6.07) is 6.34. The minimum atomic E-state index is 0.287. The van der Waals surface area contributed by atoms with Gasteiger partial charge in [-0.3, -0.25) is 4.98 Å². The van der Waals surface area contributed by atoms with Crippen LogP contribution in [-0.4, -0.2) is 41.8 Å². The van der Waals surface area contributed by atoms with Crippen molar-refractivity contribution in [3.63, 3.8) is 0 Å². The molecule has 2 N–H and O–H groups in total. The average Bonchev–Trinajstić information content (AvgIpc) is 2.60. The van der Waals surface area contributed by atoms with Crippen LogP contribution < -0.4 is 10.2 Å². The van der Waals surface area contributed by atoms with Gasteiger partial charge in [-0.25, -0.2) is 4.98 Å². The van der Waals surface area contributed by atoms with Crippen LogP contribution in [0.5, 0.6) is 5.75 Å². The van der Waals surface area contributed by atoms with E-state index in [2.05, 4.69) is 21.4 Å². The molecule has 0 radical (unpaired) electrons. The van der Waals surface area contributed by atoms with Crippen LogP contribution in [0.2, 0.25) is 0 Å². The Morgan fingerprint density at radius 2 is 2.00 bits per heavy atom. The molecule has 0 amide bonds. The first-order valence-corrected chi connectivity index (χ1v) is 8.68. The van der Waals surface area contributed by atoms with E-state index >= 15 is 0 Å². The number of aromatic nitrogens is 2. The van der Waals surface area contributed by atoms with Gasteiger partial charge in [-0.2, -0.15) is 0 Å². The second-order valence-corrected chi connectivity index (χ2v) is 6.70. The fourth-order valence-electron chi connectivity index (χ4n) is 3.33. The van der Waals surface area contributed by atoms with Gasteiger partial charge in [0.25, 0.3) is 0 Å². The second-order valence-electron chi connectivity index (χ2n) is 6.70. The van der Waals surface area contributed by atoms with Crippen LogP contribution in [0.25, 0.3) is 11.3 Å². The molecule has 1 atom stereocenters. The van der Waals surface area contributed by atoms with Crippen molar-refractivity contribution in [2.45, 2.75) is 38.1 Å². The summed E-state index contributed by atoms with van der Waals surface area (Å²) in [6.07, 6.45) is 9.29. The maximum Gasteiger partial charge on any atom is 0.154 e. The average molecular weight is 326 g/mol. The number of nitrogens with zero attached hydrogens (tertiary/aromatic N) is 3. The molecule has 1 fully saturated rings. The van der Waals surface area contributed by atoms with Gasteiger partial charge in [0.15, 0.2) is 5.82 Å². The largest absolute Gasteiger partial charge is 0.508 e. The first kappa shape index (κ1) is 16.7. The van der Waals surface area contributed by atoms with Crippen molar-refractivity contribution in [2.75, 3.05) is 25.5 Å². The third-order valence-electron chi connectivity index (χ3n) is 4.55. The van der Waals surface area contributed by atoms with Gasteiger partial charge in [0.2, 0.25) is 0 Å². The molecule has 2 heterocycles. The van der Waals surface area contributed by atoms with Crippen LogP contribution in [0.4, 0.5) is 5.82 Å². The predicted molar refractivity (Wildman–Crippen MR) is 97.4 cm³/mol. The number of hydrogen-bond donors (Lipinski definition) is 2. The smallest absolute Gasteiger partial charge is 0.154 e. The van der Waals surface area contributed by atoms with Crippen molar-refractivity contribution < 1.29 is 5.11 Å². The summed E-state index contributed by atoms with van der Waals surface area (Å²) in [7, 11) is 3.90. The molecule has 0 unspecified atom stereocenters. The first-order chi connectivity index (χ1) is 11.6. The minimum absolute atomic E-state index is 0.287. The van der Waals surface area contributed by atoms with Crippen molar-refractivity contribution >= 4 is 5.82 Å². The van der Waals surface area contributed by atoms with Crippen LogP contribution in [-0.2, 0) is 6.42 Å². The van der Waals surface area contributed by atoms with E-state index in [0.717, 1.165) is 42.0 Å². The van der Waals surface area contributed by atoms with Gasteiger partial charge in [0.05, 0.1) is 0 Å². The third-order valence-corrected chi connectivity index (χ3v) is 4.55. The first-order valence-electron chi connectivity index (χ1n) is 8.68. The topological polar surface area (TPSA) is 61.3 Å². The van der Waals surface area contributed by atoms with E-state index < -0.39 is 0 Å². The molecule has 0 saturated carbocycles. The molecule has 2 aromatic rings. The highest BCUT2D eigenvalue weighted by molar-refractivity contribution is 5.73. The highest BCUT2D eigenvalue weighted by Gasteiger charge is 2.14. The predicted octanol–water partition coefficient (Wildman–Crippen LogP) is 2.99. The fourth-order valence-corrected chi connectivity index (χ4v) is 3.33. The van der Waals surface area contributed by atoms with Crippen molar-refractivity contribution in [1.29, 1.82) is 0 Å². The molecular weight excluding hydrogens is 300 g/mol. The summed E-state index contributed by atoms with van der Waals surface area (Å²) >= 11 is 0. The summed E-state index contributed by atoms with van der Waals surface area (Å²) < 4.78 is 0. The summed E-state index contributed by atoms with van der Waals surface area (Å²) in [5.41, 5.74) is 2.86. The molecule has 128 valence electrons. The number of phenols is 1. The van der Waals surface area contributed by atoms with Gasteiger partial charge < -0.3 is 15.3 Å². The van der Waals surface area contributed by atoms with E-state index in [1.807, 2.05) is 25.1 Å². The quantitative estimate of drug-likeness (QED) is 0.884. The van der Waals surface area contributed by atoms with Gasteiger partial charge in [-0.15, -0.1) is 0 Å². The number of nitrogens with one attached hydrogen (secondary N) is 1. The van der Waals surface area contributed by atoms with E-state index in [0.29, 0.717) is 6.04 Å². The highest BCUT2D eigenvalue weighted by Crippen LogP contribution is 2.30. The lowest BCUT2D eigenvalue weighted by Gasteiger charge is -2.23. The Morgan fingerprint density at radius 3 is 2.75 bits per heavy atom. The Balaban J connectivity index is 1.81. The van der Waals surface area contributed by atoms with Crippen molar-refractivity contribution in [3.8, 4) is 17.0 Å². The normalized spacial score (nSPS) is 17.7. The monoisotopic (exact) mass is 326 g/mol. The van der Waals surface area contributed by atoms with Gasteiger partial charge in [-0.1, -0.05) is 6.42 Å². The Labute approximate surface area is 143 Å². The Bertz CT molecular complexity index is 681. The summed E-state index contributed by atoms with van der Waals surface area (Å²) in [6.45, 7) is 1.13. The van der Waals surface area contributed by atoms with Crippen LogP contribution in [0, 0.1) is 0 Å². The molecule has 1 aliphatic heterocycles. The van der Waals surface area contributed by atoms with Crippen molar-refractivity contribution in [2.24, 2.45) is 0 Å². The zero-order valence-electron chi connectivity index (χ0n) is 14.5. The number of anilines is 1. The minimum Gasteiger partial charge on any atom is -0.508 e. The molecule has 0 bridgehead atoms. The Kier molecular flexibility index (Phi) is 5.30. The number of rotatable bonds is 5. The van der Waals surface area contributed by atoms with E-state index in [1.165, 1.54) is 19.3 Å². The molecule has 3 rings (SSSR count). The van der Waals surface area contributed by atoms with Crippen molar-refractivity contribution in [3.05, 3.63) is 36.2 Å². The van der Waals surface area contributed by atoms with E-state index in [1.54, 1.807) is 18.5 Å². The summed E-state index contributed by atoms with van der Waals surface area (Å²) in [5.74, 6) is 1.09. The molecule has 0 spiro atoms. The fraction of sp³-hybridized carbons (Fsp3) is 0.474. The SMILES string of the molecule is CN(C)c1nccnc1-c1cc(O)cc(CC[C@@H]2CCCCN2)c1. The molecule has 5 heteroatoms. The van der Waals surface area contributed by atoms with Gasteiger partial charge in [0, 0.05) is 38.1 Å². The van der Waals surface area contributed by atoms with Crippen molar-refractivity contribution in [1.82, 2.24) is 15.3 Å².